The van der Waals surface area contributed by atoms with Crippen molar-refractivity contribution >= 4 is 17.7 Å². The minimum absolute atomic E-state index is 0.115. The van der Waals surface area contributed by atoms with Gasteiger partial charge in [-0.05, 0) is 25.1 Å². The molecule has 6 nitrogen and oxygen atoms in total. The van der Waals surface area contributed by atoms with E-state index in [0.717, 1.165) is 6.07 Å². The first-order chi connectivity index (χ1) is 9.04. The summed E-state index contributed by atoms with van der Waals surface area (Å²) >= 11 is 0. The molecule has 0 atom stereocenters. The Balaban J connectivity index is 2.67. The molecule has 0 aliphatic rings. The predicted octanol–water partition coefficient (Wildman–Crippen LogP) is 1.63. The lowest BCUT2D eigenvalue weighted by Crippen LogP contribution is -2.30. The Hall–Kier alpha value is -2.68. The van der Waals surface area contributed by atoms with Crippen LogP contribution in [0.3, 0.4) is 0 Å². The number of phenols is 1. The fourth-order valence-electron chi connectivity index (χ4n) is 1.35. The average Bonchev–Trinajstić information content (AvgIpc) is 2.36. The molecule has 0 fully saturated rings. The topological polar surface area (TPSA) is 98.7 Å². The number of carboxylic acid groups (broad SMARTS) is 1. The monoisotopic (exact) mass is 262 g/mol. The predicted molar refractivity (Wildman–Crippen MR) is 70.2 cm³/mol. The molecular weight excluding hydrogens is 248 g/mol. The Bertz CT molecular complexity index is 543. The minimum atomic E-state index is -1.23. The molecule has 0 saturated heterocycles. The van der Waals surface area contributed by atoms with Gasteiger partial charge < -0.3 is 20.8 Å². The van der Waals surface area contributed by atoms with Crippen molar-refractivity contribution in [2.24, 2.45) is 0 Å². The normalized spacial score (nSPS) is 9.11. The highest BCUT2D eigenvalue weighted by atomic mass is 16.4. The van der Waals surface area contributed by atoms with E-state index >= 15 is 0 Å². The maximum atomic E-state index is 11.5. The number of carboxylic acids is 1. The van der Waals surface area contributed by atoms with Crippen LogP contribution in [-0.4, -0.2) is 28.8 Å². The van der Waals surface area contributed by atoms with E-state index < -0.39 is 12.0 Å². The molecule has 100 valence electrons. The Morgan fingerprint density at radius 1 is 1.37 bits per heavy atom. The van der Waals surface area contributed by atoms with Gasteiger partial charge in [0.25, 0.3) is 0 Å². The second kappa shape index (κ2) is 6.91. The number of nitrogens with one attached hydrogen (secondary N) is 2. The molecule has 4 N–H and O–H groups in total. The van der Waals surface area contributed by atoms with Gasteiger partial charge in [0.15, 0.2) is 0 Å². The van der Waals surface area contributed by atoms with Crippen LogP contribution in [0.1, 0.15) is 23.7 Å². The summed E-state index contributed by atoms with van der Waals surface area (Å²) in [4.78, 5) is 22.5. The summed E-state index contributed by atoms with van der Waals surface area (Å²) < 4.78 is 0. The number of phenolic OH excluding ortho intramolecular Hbond substituents is 1. The van der Waals surface area contributed by atoms with Crippen molar-refractivity contribution in [1.82, 2.24) is 5.32 Å². The molecule has 19 heavy (non-hydrogen) atoms. The maximum absolute atomic E-state index is 11.5. The lowest BCUT2D eigenvalue weighted by atomic mass is 10.1. The summed E-state index contributed by atoms with van der Waals surface area (Å²) in [5, 5.41) is 23.1. The third-order valence-corrected chi connectivity index (χ3v) is 2.19. The van der Waals surface area contributed by atoms with Crippen molar-refractivity contribution in [2.75, 3.05) is 11.9 Å². The molecule has 0 saturated carbocycles. The summed E-state index contributed by atoms with van der Waals surface area (Å²) in [5.41, 5.74) is -0.0622. The van der Waals surface area contributed by atoms with Crippen LogP contribution in [0.15, 0.2) is 18.2 Å². The van der Waals surface area contributed by atoms with Gasteiger partial charge in [-0.15, -0.1) is 11.8 Å². The highest BCUT2D eigenvalue weighted by Crippen LogP contribution is 2.21. The quantitative estimate of drug-likeness (QED) is 0.376. The van der Waals surface area contributed by atoms with E-state index in [1.54, 1.807) is 6.92 Å². The number of urea groups is 1. The number of hydrogen-bond acceptors (Lipinski definition) is 3. The summed E-state index contributed by atoms with van der Waals surface area (Å²) in [6.45, 7) is 2.07. The zero-order valence-electron chi connectivity index (χ0n) is 10.4. The number of carbonyl (C=O) groups is 2. The summed E-state index contributed by atoms with van der Waals surface area (Å²) in [7, 11) is 0. The standard InChI is InChI=1S/C13H14N2O4/c1-2-3-4-7-14-13(19)15-11-6-5-9(16)8-10(11)12(17)18/h5-6,8,16H,4,7H2,1H3,(H,17,18)(H2,14,15,19). The van der Waals surface area contributed by atoms with Crippen LogP contribution in [0, 0.1) is 11.8 Å². The molecule has 0 heterocycles. The molecule has 0 aromatic heterocycles. The van der Waals surface area contributed by atoms with E-state index in [0.29, 0.717) is 13.0 Å². The third kappa shape index (κ3) is 4.60. The number of rotatable bonds is 4. The third-order valence-electron chi connectivity index (χ3n) is 2.19. The van der Waals surface area contributed by atoms with Crippen molar-refractivity contribution in [1.29, 1.82) is 0 Å². The molecule has 1 aromatic rings. The first-order valence-corrected chi connectivity index (χ1v) is 5.55. The largest absolute Gasteiger partial charge is 0.508 e. The molecule has 0 unspecified atom stereocenters. The maximum Gasteiger partial charge on any atom is 0.337 e. The molecule has 0 bridgehead atoms. The van der Waals surface area contributed by atoms with E-state index in [4.69, 9.17) is 5.11 Å². The first kappa shape index (κ1) is 14.4. The van der Waals surface area contributed by atoms with E-state index in [1.165, 1.54) is 12.1 Å². The zero-order valence-corrected chi connectivity index (χ0v) is 10.4. The number of aromatic carboxylic acids is 1. The van der Waals surface area contributed by atoms with Crippen molar-refractivity contribution in [3.8, 4) is 17.6 Å². The fraction of sp³-hybridized carbons (Fsp3) is 0.231. The number of aromatic hydroxyl groups is 1. The molecule has 0 aliphatic carbocycles. The van der Waals surface area contributed by atoms with Crippen molar-refractivity contribution in [3.05, 3.63) is 23.8 Å². The van der Waals surface area contributed by atoms with Crippen LogP contribution in [0.5, 0.6) is 5.75 Å². The van der Waals surface area contributed by atoms with E-state index in [9.17, 15) is 14.7 Å². The average molecular weight is 262 g/mol. The number of carbonyl (C=O) groups excluding carboxylic acids is 1. The SMILES string of the molecule is CC#CCCNC(=O)Nc1ccc(O)cc1C(=O)O. The Labute approximate surface area is 110 Å². The molecule has 0 spiro atoms. The Morgan fingerprint density at radius 2 is 2.11 bits per heavy atom. The minimum Gasteiger partial charge on any atom is -0.508 e. The fourth-order valence-corrected chi connectivity index (χ4v) is 1.35. The number of benzene rings is 1. The number of amides is 2. The van der Waals surface area contributed by atoms with Crippen LogP contribution in [-0.2, 0) is 0 Å². The van der Waals surface area contributed by atoms with Crippen molar-refractivity contribution in [3.63, 3.8) is 0 Å². The van der Waals surface area contributed by atoms with Gasteiger partial charge in [0, 0.05) is 13.0 Å². The molecule has 0 radical (unpaired) electrons. The van der Waals surface area contributed by atoms with Crippen molar-refractivity contribution < 1.29 is 19.8 Å². The molecule has 1 aromatic carbocycles. The highest BCUT2D eigenvalue weighted by Gasteiger charge is 2.12. The second-order valence-corrected chi connectivity index (χ2v) is 3.59. The van der Waals surface area contributed by atoms with Gasteiger partial charge in [0.2, 0.25) is 0 Å². The van der Waals surface area contributed by atoms with Gasteiger partial charge in [-0.2, -0.15) is 0 Å². The number of anilines is 1. The molecule has 1 rings (SSSR count). The van der Waals surface area contributed by atoms with Gasteiger partial charge >= 0.3 is 12.0 Å². The zero-order chi connectivity index (χ0) is 14.3. The lowest BCUT2D eigenvalue weighted by molar-refractivity contribution is 0.0697. The molecular formula is C13H14N2O4. The van der Waals surface area contributed by atoms with Crippen LogP contribution in [0.25, 0.3) is 0 Å². The molecule has 0 aliphatic heterocycles. The second-order valence-electron chi connectivity index (χ2n) is 3.59. The Morgan fingerprint density at radius 3 is 2.74 bits per heavy atom. The lowest BCUT2D eigenvalue weighted by Gasteiger charge is -2.09. The first-order valence-electron chi connectivity index (χ1n) is 5.55. The highest BCUT2D eigenvalue weighted by molar-refractivity contribution is 6.00. The van der Waals surface area contributed by atoms with E-state index in [-0.39, 0.29) is 17.0 Å². The van der Waals surface area contributed by atoms with Crippen LogP contribution >= 0.6 is 0 Å². The van der Waals surface area contributed by atoms with Crippen LogP contribution in [0.4, 0.5) is 10.5 Å². The van der Waals surface area contributed by atoms with Gasteiger partial charge in [-0.25, -0.2) is 9.59 Å². The van der Waals surface area contributed by atoms with Crippen LogP contribution in [0.2, 0.25) is 0 Å². The Kier molecular flexibility index (Phi) is 5.23. The van der Waals surface area contributed by atoms with Gasteiger partial charge in [-0.3, -0.25) is 0 Å². The van der Waals surface area contributed by atoms with Gasteiger partial charge in [-0.1, -0.05) is 0 Å². The van der Waals surface area contributed by atoms with Crippen LogP contribution < -0.4 is 10.6 Å². The number of hydrogen-bond donors (Lipinski definition) is 4. The summed E-state index contributed by atoms with van der Waals surface area (Å²) in [6.07, 6.45) is 0.519. The molecule has 2 amide bonds. The summed E-state index contributed by atoms with van der Waals surface area (Å²) in [5.74, 6) is 4.07. The van der Waals surface area contributed by atoms with Gasteiger partial charge in [0.05, 0.1) is 11.3 Å². The summed E-state index contributed by atoms with van der Waals surface area (Å²) in [6, 6.07) is 3.17. The van der Waals surface area contributed by atoms with E-state index in [1.807, 2.05) is 0 Å². The van der Waals surface area contributed by atoms with Crippen molar-refractivity contribution in [2.45, 2.75) is 13.3 Å². The smallest absolute Gasteiger partial charge is 0.337 e. The van der Waals surface area contributed by atoms with Gasteiger partial charge in [0.1, 0.15) is 5.75 Å². The van der Waals surface area contributed by atoms with E-state index in [2.05, 4.69) is 22.5 Å². The molecule has 6 heteroatoms.